The third-order valence-corrected chi connectivity index (χ3v) is 3.97. The van der Waals surface area contributed by atoms with Crippen LogP contribution in [0.3, 0.4) is 0 Å². The lowest BCUT2D eigenvalue weighted by atomic mass is 10.1. The highest BCUT2D eigenvalue weighted by atomic mass is 16.6. The van der Waals surface area contributed by atoms with Crippen molar-refractivity contribution in [1.29, 1.82) is 0 Å². The second-order valence-corrected chi connectivity index (χ2v) is 6.48. The van der Waals surface area contributed by atoms with Gasteiger partial charge in [0.2, 0.25) is 0 Å². The normalized spacial score (nSPS) is 15.2. The monoisotopic (exact) mass is 357 g/mol. The van der Waals surface area contributed by atoms with Gasteiger partial charge in [-0.1, -0.05) is 12.1 Å². The molecule has 0 saturated carbocycles. The number of amides is 1. The number of anilines is 1. The van der Waals surface area contributed by atoms with Crippen LogP contribution in [0.25, 0.3) is 0 Å². The molecule has 3 rings (SSSR count). The Hall–Kier alpha value is -3.16. The molecule has 136 valence electrons. The van der Waals surface area contributed by atoms with Crippen molar-refractivity contribution in [1.82, 2.24) is 4.98 Å². The standard InChI is InChI=1S/C18H19N3O5/c1-12-5-4-6-13(11-12)25-10-9-20-16-14(26-18(2,3)17(20)22)7-8-15(19-16)21(23)24/h4-8,11H,9-10H2,1-3H3. The molecular weight excluding hydrogens is 338 g/mol. The van der Waals surface area contributed by atoms with Crippen molar-refractivity contribution in [3.05, 3.63) is 52.1 Å². The smallest absolute Gasteiger partial charge is 0.366 e. The van der Waals surface area contributed by atoms with E-state index < -0.39 is 10.5 Å². The lowest BCUT2D eigenvalue weighted by molar-refractivity contribution is -0.389. The lowest BCUT2D eigenvalue weighted by Gasteiger charge is -2.35. The molecule has 0 saturated heterocycles. The highest BCUT2D eigenvalue weighted by Crippen LogP contribution is 2.37. The van der Waals surface area contributed by atoms with Gasteiger partial charge in [0.25, 0.3) is 11.7 Å². The Kier molecular flexibility index (Phi) is 4.50. The summed E-state index contributed by atoms with van der Waals surface area (Å²) in [7, 11) is 0. The zero-order valence-corrected chi connectivity index (χ0v) is 14.8. The molecule has 1 aliphatic heterocycles. The Morgan fingerprint density at radius 3 is 2.77 bits per heavy atom. The SMILES string of the molecule is Cc1cccc(OCCN2C(=O)C(C)(C)Oc3ccc([N+](=O)[O-])nc32)c1. The minimum atomic E-state index is -1.09. The van der Waals surface area contributed by atoms with Gasteiger partial charge in [0, 0.05) is 6.07 Å². The van der Waals surface area contributed by atoms with Crippen LogP contribution in [0.2, 0.25) is 0 Å². The molecule has 0 fully saturated rings. The summed E-state index contributed by atoms with van der Waals surface area (Å²) >= 11 is 0. The number of aryl methyl sites for hydroxylation is 1. The Morgan fingerprint density at radius 1 is 1.31 bits per heavy atom. The summed E-state index contributed by atoms with van der Waals surface area (Å²) in [6, 6.07) is 10.3. The number of carbonyl (C=O) groups excluding carboxylic acids is 1. The summed E-state index contributed by atoms with van der Waals surface area (Å²) in [6.07, 6.45) is 0. The first-order chi connectivity index (χ1) is 12.3. The van der Waals surface area contributed by atoms with E-state index in [4.69, 9.17) is 9.47 Å². The molecule has 0 radical (unpaired) electrons. The fourth-order valence-electron chi connectivity index (χ4n) is 2.71. The van der Waals surface area contributed by atoms with E-state index in [0.717, 1.165) is 5.56 Å². The average Bonchev–Trinajstić information content (AvgIpc) is 2.57. The van der Waals surface area contributed by atoms with Gasteiger partial charge >= 0.3 is 5.82 Å². The van der Waals surface area contributed by atoms with Crippen molar-refractivity contribution in [3.63, 3.8) is 0 Å². The number of aromatic nitrogens is 1. The first-order valence-electron chi connectivity index (χ1n) is 8.14. The van der Waals surface area contributed by atoms with E-state index in [-0.39, 0.29) is 30.7 Å². The summed E-state index contributed by atoms with van der Waals surface area (Å²) < 4.78 is 11.4. The molecule has 1 amide bonds. The molecule has 0 N–H and O–H groups in total. The van der Waals surface area contributed by atoms with Crippen LogP contribution in [0.1, 0.15) is 19.4 Å². The van der Waals surface area contributed by atoms with Gasteiger partial charge < -0.3 is 19.6 Å². The predicted octanol–water partition coefficient (Wildman–Crippen LogP) is 2.88. The number of nitrogens with zero attached hydrogens (tertiary/aromatic N) is 3. The zero-order valence-electron chi connectivity index (χ0n) is 14.8. The number of pyridine rings is 1. The quantitative estimate of drug-likeness (QED) is 0.603. The number of ether oxygens (including phenoxy) is 2. The van der Waals surface area contributed by atoms with Crippen molar-refractivity contribution < 1.29 is 19.2 Å². The average molecular weight is 357 g/mol. The van der Waals surface area contributed by atoms with E-state index in [2.05, 4.69) is 4.98 Å². The summed E-state index contributed by atoms with van der Waals surface area (Å²) in [5.41, 5.74) is -0.0255. The second kappa shape index (κ2) is 6.62. The van der Waals surface area contributed by atoms with E-state index in [1.165, 1.54) is 17.0 Å². The third-order valence-electron chi connectivity index (χ3n) is 3.97. The number of fused-ring (bicyclic) bond motifs is 1. The highest BCUT2D eigenvalue weighted by molar-refractivity contribution is 6.01. The molecule has 0 aliphatic carbocycles. The molecular formula is C18H19N3O5. The van der Waals surface area contributed by atoms with Crippen LogP contribution in [0, 0.1) is 17.0 Å². The lowest BCUT2D eigenvalue weighted by Crippen LogP contribution is -2.53. The van der Waals surface area contributed by atoms with E-state index in [0.29, 0.717) is 11.5 Å². The van der Waals surface area contributed by atoms with Crippen LogP contribution < -0.4 is 14.4 Å². The largest absolute Gasteiger partial charge is 0.492 e. The molecule has 1 aromatic carbocycles. The molecule has 0 spiro atoms. The number of hydrogen-bond donors (Lipinski definition) is 0. The first kappa shape index (κ1) is 17.7. The number of benzene rings is 1. The summed E-state index contributed by atoms with van der Waals surface area (Å²) in [5, 5.41) is 11.0. The molecule has 0 atom stereocenters. The molecule has 0 bridgehead atoms. The summed E-state index contributed by atoms with van der Waals surface area (Å²) in [4.78, 5) is 28.5. The molecule has 8 nitrogen and oxygen atoms in total. The number of hydrogen-bond acceptors (Lipinski definition) is 6. The van der Waals surface area contributed by atoms with E-state index >= 15 is 0 Å². The van der Waals surface area contributed by atoms with Crippen LogP contribution in [0.4, 0.5) is 11.6 Å². The molecule has 2 heterocycles. The highest BCUT2D eigenvalue weighted by Gasteiger charge is 2.44. The molecule has 8 heteroatoms. The summed E-state index contributed by atoms with van der Waals surface area (Å²) in [6.45, 7) is 5.66. The zero-order chi connectivity index (χ0) is 18.9. The fraction of sp³-hybridized carbons (Fsp3) is 0.333. The minimum Gasteiger partial charge on any atom is -0.492 e. The first-order valence-corrected chi connectivity index (χ1v) is 8.14. The van der Waals surface area contributed by atoms with Gasteiger partial charge in [0.15, 0.2) is 11.4 Å². The predicted molar refractivity (Wildman–Crippen MR) is 94.6 cm³/mol. The molecule has 1 aromatic heterocycles. The van der Waals surface area contributed by atoms with Gasteiger partial charge in [-0.3, -0.25) is 9.69 Å². The van der Waals surface area contributed by atoms with Crippen molar-refractivity contribution in [2.24, 2.45) is 0 Å². The Bertz CT molecular complexity index is 866. The van der Waals surface area contributed by atoms with Crippen LogP contribution in [0.5, 0.6) is 11.5 Å². The Morgan fingerprint density at radius 2 is 2.08 bits per heavy atom. The van der Waals surface area contributed by atoms with Gasteiger partial charge in [0.1, 0.15) is 12.4 Å². The van der Waals surface area contributed by atoms with Gasteiger partial charge in [-0.2, -0.15) is 0 Å². The van der Waals surface area contributed by atoms with Crippen molar-refractivity contribution >= 4 is 17.5 Å². The van der Waals surface area contributed by atoms with Gasteiger partial charge in [-0.25, -0.2) is 0 Å². The van der Waals surface area contributed by atoms with Crippen molar-refractivity contribution in [2.75, 3.05) is 18.1 Å². The molecule has 1 aliphatic rings. The van der Waals surface area contributed by atoms with Crippen LogP contribution in [-0.2, 0) is 4.79 Å². The van der Waals surface area contributed by atoms with Crippen LogP contribution in [-0.4, -0.2) is 34.6 Å². The Balaban J connectivity index is 1.83. The third kappa shape index (κ3) is 3.44. The molecule has 26 heavy (non-hydrogen) atoms. The van der Waals surface area contributed by atoms with E-state index in [9.17, 15) is 14.9 Å². The maximum absolute atomic E-state index is 12.7. The van der Waals surface area contributed by atoms with E-state index in [1.54, 1.807) is 13.8 Å². The van der Waals surface area contributed by atoms with Gasteiger partial charge in [-0.05, 0) is 54.4 Å². The van der Waals surface area contributed by atoms with Crippen molar-refractivity contribution in [2.45, 2.75) is 26.4 Å². The van der Waals surface area contributed by atoms with Gasteiger partial charge in [-0.15, -0.1) is 0 Å². The number of nitro groups is 1. The Labute approximate surface area is 150 Å². The number of rotatable bonds is 5. The van der Waals surface area contributed by atoms with Gasteiger partial charge in [0.05, 0.1) is 6.54 Å². The topological polar surface area (TPSA) is 94.8 Å². The molecule has 2 aromatic rings. The maximum atomic E-state index is 12.7. The van der Waals surface area contributed by atoms with Crippen LogP contribution >= 0.6 is 0 Å². The van der Waals surface area contributed by atoms with Crippen LogP contribution in [0.15, 0.2) is 36.4 Å². The second-order valence-electron chi connectivity index (χ2n) is 6.48. The van der Waals surface area contributed by atoms with Crippen molar-refractivity contribution in [3.8, 4) is 11.5 Å². The van der Waals surface area contributed by atoms with E-state index in [1.807, 2.05) is 31.2 Å². The maximum Gasteiger partial charge on any atom is 0.366 e. The summed E-state index contributed by atoms with van der Waals surface area (Å²) in [5.74, 6) is 0.486. The number of carbonyl (C=O) groups is 1. The fourth-order valence-corrected chi connectivity index (χ4v) is 2.71. The molecule has 0 unspecified atom stereocenters. The minimum absolute atomic E-state index is 0.136.